The Hall–Kier alpha value is -2.35. The van der Waals surface area contributed by atoms with Crippen molar-refractivity contribution in [3.63, 3.8) is 0 Å². The molecule has 0 aliphatic heterocycles. The first-order chi connectivity index (χ1) is 11.7. The lowest BCUT2D eigenvalue weighted by atomic mass is 10.1. The number of thiocarbonyl (C=S) groups is 1. The number of anilines is 2. The number of rotatable bonds is 4. The Morgan fingerprint density at radius 3 is 2.28 bits per heavy atom. The van der Waals surface area contributed by atoms with Crippen LogP contribution in [-0.4, -0.2) is 19.2 Å². The molecule has 2 aromatic rings. The van der Waals surface area contributed by atoms with Crippen molar-refractivity contribution in [3.8, 4) is 0 Å². The molecule has 0 saturated carbocycles. The van der Waals surface area contributed by atoms with Gasteiger partial charge in [0.25, 0.3) is 0 Å². The van der Waals surface area contributed by atoms with Crippen LogP contribution in [0.2, 0.25) is 0 Å². The number of alkyl halides is 3. The van der Waals surface area contributed by atoms with Crippen LogP contribution < -0.4 is 15.5 Å². The summed E-state index contributed by atoms with van der Waals surface area (Å²) in [6.45, 7) is -0.155. The highest BCUT2D eigenvalue weighted by Crippen LogP contribution is 2.32. The molecule has 0 fully saturated rings. The van der Waals surface area contributed by atoms with Crippen molar-refractivity contribution in [3.05, 3.63) is 59.4 Å². The fourth-order valence-corrected chi connectivity index (χ4v) is 2.32. The lowest BCUT2D eigenvalue weighted by Crippen LogP contribution is -2.28. The van der Waals surface area contributed by atoms with Gasteiger partial charge in [0.15, 0.2) is 5.11 Å². The zero-order valence-electron chi connectivity index (χ0n) is 13.6. The van der Waals surface area contributed by atoms with Crippen molar-refractivity contribution in [2.45, 2.75) is 12.7 Å². The minimum atomic E-state index is -4.73. The van der Waals surface area contributed by atoms with Crippen molar-refractivity contribution >= 4 is 28.7 Å². The summed E-state index contributed by atoms with van der Waals surface area (Å²) in [7, 11) is 3.83. The van der Waals surface area contributed by atoms with Crippen LogP contribution in [-0.2, 0) is 12.7 Å². The molecular formula is C17H17F4N3S. The topological polar surface area (TPSA) is 27.3 Å². The van der Waals surface area contributed by atoms with Gasteiger partial charge in [0.1, 0.15) is 5.82 Å². The van der Waals surface area contributed by atoms with E-state index in [9.17, 15) is 17.6 Å². The van der Waals surface area contributed by atoms with Crippen LogP contribution in [0.4, 0.5) is 28.9 Å². The summed E-state index contributed by atoms with van der Waals surface area (Å²) in [5, 5.41) is 5.80. The monoisotopic (exact) mass is 371 g/mol. The predicted octanol–water partition coefficient (Wildman–Crippen LogP) is 4.40. The third-order valence-corrected chi connectivity index (χ3v) is 3.71. The van der Waals surface area contributed by atoms with Gasteiger partial charge in [-0.2, -0.15) is 13.2 Å². The SMILES string of the molecule is CN(C)c1ccc(NC(=S)NCc2cccc(C(F)(F)F)c2F)cc1. The molecule has 0 atom stereocenters. The van der Waals surface area contributed by atoms with Gasteiger partial charge in [-0.25, -0.2) is 4.39 Å². The average molecular weight is 371 g/mol. The van der Waals surface area contributed by atoms with Crippen LogP contribution in [0.15, 0.2) is 42.5 Å². The summed E-state index contributed by atoms with van der Waals surface area (Å²) in [4.78, 5) is 1.94. The van der Waals surface area contributed by atoms with E-state index in [1.165, 1.54) is 12.1 Å². The lowest BCUT2D eigenvalue weighted by molar-refractivity contribution is -0.140. The van der Waals surface area contributed by atoms with E-state index in [0.717, 1.165) is 5.69 Å². The summed E-state index contributed by atoms with van der Waals surface area (Å²) >= 11 is 5.09. The second kappa shape index (κ2) is 7.69. The molecule has 0 bridgehead atoms. The molecule has 0 aliphatic carbocycles. The van der Waals surface area contributed by atoms with Gasteiger partial charge in [-0.05, 0) is 42.5 Å². The Morgan fingerprint density at radius 2 is 1.72 bits per heavy atom. The summed E-state index contributed by atoms with van der Waals surface area (Å²) in [5.74, 6) is -1.29. The van der Waals surface area contributed by atoms with E-state index >= 15 is 0 Å². The fraction of sp³-hybridized carbons (Fsp3) is 0.235. The van der Waals surface area contributed by atoms with Gasteiger partial charge in [0.05, 0.1) is 5.56 Å². The third-order valence-electron chi connectivity index (χ3n) is 3.47. The first-order valence-electron chi connectivity index (χ1n) is 7.35. The average Bonchev–Trinajstić information content (AvgIpc) is 2.53. The molecule has 0 unspecified atom stereocenters. The molecule has 0 aromatic heterocycles. The molecule has 0 radical (unpaired) electrons. The molecule has 134 valence electrons. The van der Waals surface area contributed by atoms with Crippen LogP contribution in [0.25, 0.3) is 0 Å². The van der Waals surface area contributed by atoms with E-state index in [1.807, 2.05) is 43.3 Å². The van der Waals surface area contributed by atoms with Gasteiger partial charge >= 0.3 is 6.18 Å². The van der Waals surface area contributed by atoms with Gasteiger partial charge in [-0.3, -0.25) is 0 Å². The van der Waals surface area contributed by atoms with Crippen molar-refractivity contribution in [1.82, 2.24) is 5.32 Å². The largest absolute Gasteiger partial charge is 0.419 e. The standard InChI is InChI=1S/C17H17F4N3S/c1-24(2)13-8-6-12(7-9-13)23-16(25)22-10-11-4-3-5-14(15(11)18)17(19,20)21/h3-9H,10H2,1-2H3,(H2,22,23,25). The molecule has 2 aromatic carbocycles. The van der Waals surface area contributed by atoms with E-state index in [2.05, 4.69) is 10.6 Å². The van der Waals surface area contributed by atoms with Gasteiger partial charge < -0.3 is 15.5 Å². The minimum Gasteiger partial charge on any atom is -0.378 e. The predicted molar refractivity (Wildman–Crippen MR) is 95.2 cm³/mol. The Balaban J connectivity index is 1.98. The first kappa shape index (κ1) is 19.0. The van der Waals surface area contributed by atoms with Gasteiger partial charge in [-0.1, -0.05) is 12.1 Å². The number of benzene rings is 2. The van der Waals surface area contributed by atoms with Gasteiger partial charge in [0, 0.05) is 37.6 Å². The second-order valence-electron chi connectivity index (χ2n) is 5.53. The quantitative estimate of drug-likeness (QED) is 0.616. The summed E-state index contributed by atoms with van der Waals surface area (Å²) in [5.41, 5.74) is 0.329. The normalized spacial score (nSPS) is 11.1. The van der Waals surface area contributed by atoms with Crippen molar-refractivity contribution in [1.29, 1.82) is 0 Å². The maximum Gasteiger partial charge on any atom is 0.419 e. The molecular weight excluding hydrogens is 354 g/mol. The first-order valence-corrected chi connectivity index (χ1v) is 7.76. The zero-order valence-corrected chi connectivity index (χ0v) is 14.4. The number of nitrogens with zero attached hydrogens (tertiary/aromatic N) is 1. The molecule has 0 amide bonds. The molecule has 8 heteroatoms. The van der Waals surface area contributed by atoms with Crippen LogP contribution in [0, 0.1) is 5.82 Å². The number of hydrogen-bond donors (Lipinski definition) is 2. The van der Waals surface area contributed by atoms with E-state index in [0.29, 0.717) is 11.8 Å². The molecule has 3 nitrogen and oxygen atoms in total. The minimum absolute atomic E-state index is 0.109. The Morgan fingerprint density at radius 1 is 1.08 bits per heavy atom. The highest BCUT2D eigenvalue weighted by molar-refractivity contribution is 7.80. The molecule has 0 saturated heterocycles. The summed E-state index contributed by atoms with van der Waals surface area (Å²) in [6.07, 6.45) is -4.73. The van der Waals surface area contributed by atoms with Gasteiger partial charge in [-0.15, -0.1) is 0 Å². The van der Waals surface area contributed by atoms with Crippen molar-refractivity contribution < 1.29 is 17.6 Å². The highest BCUT2D eigenvalue weighted by atomic mass is 32.1. The van der Waals surface area contributed by atoms with Crippen LogP contribution >= 0.6 is 12.2 Å². The third kappa shape index (κ3) is 5.06. The lowest BCUT2D eigenvalue weighted by Gasteiger charge is -2.15. The maximum atomic E-state index is 13.9. The number of hydrogen-bond acceptors (Lipinski definition) is 2. The molecule has 2 rings (SSSR count). The van der Waals surface area contributed by atoms with E-state index in [1.54, 1.807) is 0 Å². The van der Waals surface area contributed by atoms with Crippen LogP contribution in [0.3, 0.4) is 0 Å². The smallest absolute Gasteiger partial charge is 0.378 e. The second-order valence-corrected chi connectivity index (χ2v) is 5.93. The fourth-order valence-electron chi connectivity index (χ4n) is 2.13. The van der Waals surface area contributed by atoms with Crippen LogP contribution in [0.5, 0.6) is 0 Å². The molecule has 25 heavy (non-hydrogen) atoms. The molecule has 2 N–H and O–H groups in total. The summed E-state index contributed by atoms with van der Waals surface area (Å²) in [6, 6.07) is 10.6. The number of halogens is 4. The zero-order chi connectivity index (χ0) is 18.6. The Labute approximate surface area is 148 Å². The Kier molecular flexibility index (Phi) is 5.84. The van der Waals surface area contributed by atoms with E-state index in [4.69, 9.17) is 12.2 Å². The molecule has 0 spiro atoms. The van der Waals surface area contributed by atoms with E-state index in [-0.39, 0.29) is 17.2 Å². The Bertz CT molecular complexity index is 743. The van der Waals surface area contributed by atoms with Crippen molar-refractivity contribution in [2.24, 2.45) is 0 Å². The molecule has 0 aliphatic rings. The van der Waals surface area contributed by atoms with Crippen LogP contribution in [0.1, 0.15) is 11.1 Å². The molecule has 0 heterocycles. The summed E-state index contributed by atoms with van der Waals surface area (Å²) < 4.78 is 52.0. The van der Waals surface area contributed by atoms with Crippen molar-refractivity contribution in [2.75, 3.05) is 24.3 Å². The van der Waals surface area contributed by atoms with E-state index < -0.39 is 17.6 Å². The van der Waals surface area contributed by atoms with Gasteiger partial charge in [0.2, 0.25) is 0 Å². The number of nitrogens with one attached hydrogen (secondary N) is 2. The highest BCUT2D eigenvalue weighted by Gasteiger charge is 2.34. The maximum absolute atomic E-state index is 13.9.